The van der Waals surface area contributed by atoms with Gasteiger partial charge in [-0.3, -0.25) is 0 Å². The van der Waals surface area contributed by atoms with Gasteiger partial charge in [0.1, 0.15) is 0 Å². The van der Waals surface area contributed by atoms with Crippen molar-refractivity contribution in [3.05, 3.63) is 0 Å². The van der Waals surface area contributed by atoms with E-state index in [-0.39, 0.29) is 24.9 Å². The highest BCUT2D eigenvalue weighted by molar-refractivity contribution is 4.35. The first kappa shape index (κ1) is 22.6. The van der Waals surface area contributed by atoms with Gasteiger partial charge in [0.05, 0.1) is 0 Å². The molecule has 6 heteroatoms. The van der Waals surface area contributed by atoms with E-state index < -0.39 is 5.97 Å². The van der Waals surface area contributed by atoms with E-state index in [4.69, 9.17) is 0 Å². The highest BCUT2D eigenvalue weighted by Gasteiger charge is 1.76. The lowest BCUT2D eigenvalue weighted by atomic mass is 10.3. The first-order chi connectivity index (χ1) is 3.06. The Labute approximate surface area is 60.6 Å². The van der Waals surface area contributed by atoms with E-state index in [1.165, 1.54) is 0 Å². The highest BCUT2D eigenvalue weighted by Crippen LogP contribution is 1.89. The van der Waals surface area contributed by atoms with Gasteiger partial charge in [-0.25, -0.2) is 0 Å². The van der Waals surface area contributed by atoms with Gasteiger partial charge >= 0.3 is 0 Å². The third-order valence-electron chi connectivity index (χ3n) is 0.556. The lowest BCUT2D eigenvalue weighted by Crippen LogP contribution is -2.66. The minimum absolute atomic E-state index is 0. The Morgan fingerprint density at radius 3 is 1.30 bits per heavy atom. The van der Waals surface area contributed by atoms with Crippen molar-refractivity contribution in [3.8, 4) is 0 Å². The van der Waals surface area contributed by atoms with Crippen molar-refractivity contribution in [1.29, 1.82) is 0 Å². The van der Waals surface area contributed by atoms with Gasteiger partial charge in [-0.05, 0) is 0 Å². The van der Waals surface area contributed by atoms with Crippen LogP contribution in [0.3, 0.4) is 0 Å². The Kier molecular flexibility index (Phi) is 19.8. The van der Waals surface area contributed by atoms with Gasteiger partial charge in [-0.15, -0.1) is 0 Å². The summed E-state index contributed by atoms with van der Waals surface area (Å²) in [6.45, 7) is 1.63. The number of hydrogen-bond acceptors (Lipinski definition) is 3. The molecule has 0 saturated heterocycles. The Bertz CT molecular complexity index is 54.2. The zero-order chi connectivity index (χ0) is 5.91. The van der Waals surface area contributed by atoms with Gasteiger partial charge in [-0.2, -0.15) is 0 Å². The molecule has 0 aliphatic carbocycles. The normalized spacial score (nSPS) is 8.40. The Balaban J connectivity index is -0.0000000600. The van der Waals surface area contributed by atoms with Crippen molar-refractivity contribution in [1.82, 2.24) is 18.5 Å². The second-order valence-corrected chi connectivity index (χ2v) is 1.43. The van der Waals surface area contributed by atoms with E-state index in [2.05, 4.69) is 0 Å². The zero-order valence-electron chi connectivity index (χ0n) is 7.14. The van der Waals surface area contributed by atoms with Crippen molar-refractivity contribution in [3.63, 3.8) is 0 Å². The highest BCUT2D eigenvalue weighted by atomic mass is 16.7. The summed E-state index contributed by atoms with van der Waals surface area (Å²) in [6.07, 6.45) is 0.0451. The maximum Gasteiger partial charge on any atom is -0.0595 e. The van der Waals surface area contributed by atoms with Crippen molar-refractivity contribution in [2.45, 2.75) is 25.7 Å². The summed E-state index contributed by atoms with van der Waals surface area (Å²) in [5.74, 6) is -3.20. The summed E-state index contributed by atoms with van der Waals surface area (Å²) in [5.41, 5.74) is 0. The van der Waals surface area contributed by atoms with Crippen LogP contribution in [0.1, 0.15) is 19.8 Å². The van der Waals surface area contributed by atoms with Crippen LogP contribution in [0.15, 0.2) is 0 Å². The molecule has 0 fully saturated rings. The Morgan fingerprint density at radius 1 is 1.00 bits per heavy atom. The van der Waals surface area contributed by atoms with Crippen LogP contribution in [-0.2, 0) is 0 Å². The standard InChI is InChI=1S/C4H7O3.3H3N/c1-2-3-4(5,6)7;;;/h2-3H2,1H3;3*1H3/q-3;;;/p+3. The van der Waals surface area contributed by atoms with Crippen LogP contribution in [0, 0.1) is 0 Å². The Morgan fingerprint density at radius 2 is 1.30 bits per heavy atom. The molecule has 0 spiro atoms. The monoisotopic (exact) mass is 157 g/mol. The third-order valence-corrected chi connectivity index (χ3v) is 0.556. The topological polar surface area (TPSA) is 179 Å². The van der Waals surface area contributed by atoms with Crippen LogP contribution in [0.2, 0.25) is 0 Å². The van der Waals surface area contributed by atoms with Crippen molar-refractivity contribution in [2.24, 2.45) is 0 Å². The molecule has 12 N–H and O–H groups in total. The molecule has 6 nitrogen and oxygen atoms in total. The molecule has 68 valence electrons. The van der Waals surface area contributed by atoms with Crippen LogP contribution in [-0.4, -0.2) is 5.97 Å². The van der Waals surface area contributed by atoms with Crippen molar-refractivity contribution in [2.75, 3.05) is 0 Å². The molecule has 0 radical (unpaired) electrons. The number of hydrogen-bond donors (Lipinski definition) is 3. The van der Waals surface area contributed by atoms with E-state index in [0.717, 1.165) is 0 Å². The minimum atomic E-state index is -3.20. The molecule has 0 atom stereocenters. The number of quaternary nitrogens is 3. The molecule has 0 aromatic carbocycles. The van der Waals surface area contributed by atoms with E-state index in [1.54, 1.807) is 6.92 Å². The van der Waals surface area contributed by atoms with Gasteiger partial charge in [0.25, 0.3) is 0 Å². The average Bonchev–Trinajstić information content (AvgIpc) is 1.30. The van der Waals surface area contributed by atoms with E-state index in [9.17, 15) is 15.3 Å². The van der Waals surface area contributed by atoms with E-state index in [1.807, 2.05) is 0 Å². The summed E-state index contributed by atoms with van der Waals surface area (Å²) in [5, 5.41) is 28.8. The molecule has 0 aliphatic heterocycles. The molecule has 10 heavy (non-hydrogen) atoms. The fraction of sp³-hybridized carbons (Fsp3) is 1.00. The first-order valence-electron chi connectivity index (χ1n) is 2.17. The van der Waals surface area contributed by atoms with Gasteiger partial charge in [0, 0.05) is 0 Å². The van der Waals surface area contributed by atoms with E-state index >= 15 is 0 Å². The lowest BCUT2D eigenvalue weighted by Gasteiger charge is -2.58. The molecule has 0 aliphatic rings. The van der Waals surface area contributed by atoms with Crippen LogP contribution in [0.5, 0.6) is 0 Å². The molecule has 0 rings (SSSR count). The van der Waals surface area contributed by atoms with Gasteiger partial charge in [-0.1, -0.05) is 19.8 Å². The fourth-order valence-corrected chi connectivity index (χ4v) is 0.306. The zero-order valence-corrected chi connectivity index (χ0v) is 7.14. The van der Waals surface area contributed by atoms with Gasteiger partial charge < -0.3 is 39.7 Å². The second-order valence-electron chi connectivity index (χ2n) is 1.43. The first-order valence-corrected chi connectivity index (χ1v) is 2.17. The summed E-state index contributed by atoms with van der Waals surface area (Å²) < 4.78 is 0. The lowest BCUT2D eigenvalue weighted by molar-refractivity contribution is -0.904. The molecule has 0 unspecified atom stereocenters. The van der Waals surface area contributed by atoms with Crippen LogP contribution >= 0.6 is 0 Å². The van der Waals surface area contributed by atoms with Crippen molar-refractivity contribution < 1.29 is 15.3 Å². The van der Waals surface area contributed by atoms with Crippen molar-refractivity contribution >= 4 is 0 Å². The third kappa shape index (κ3) is 25.1. The SMILES string of the molecule is CCCC([O-])([O-])[O-].[NH4+].[NH4+].[NH4+]. The summed E-state index contributed by atoms with van der Waals surface area (Å²) >= 11 is 0. The maximum absolute atomic E-state index is 9.59. The van der Waals surface area contributed by atoms with Crippen LogP contribution in [0.25, 0.3) is 0 Å². The Hall–Kier alpha value is -0.240. The minimum Gasteiger partial charge on any atom is -0.876 e. The smallest absolute Gasteiger partial charge is 0.0595 e. The molecule has 0 aromatic heterocycles. The van der Waals surface area contributed by atoms with Gasteiger partial charge in [0.2, 0.25) is 0 Å². The van der Waals surface area contributed by atoms with E-state index in [0.29, 0.717) is 6.42 Å². The number of rotatable bonds is 2. The second kappa shape index (κ2) is 8.76. The molecule has 0 heterocycles. The van der Waals surface area contributed by atoms with Crippen LogP contribution in [0.4, 0.5) is 0 Å². The average molecular weight is 157 g/mol. The fourth-order valence-electron chi connectivity index (χ4n) is 0.306. The summed E-state index contributed by atoms with van der Waals surface area (Å²) in [6, 6.07) is 0. The molecular formula is C4H19N3O3. The predicted molar refractivity (Wildman–Crippen MR) is 35.6 cm³/mol. The van der Waals surface area contributed by atoms with Crippen LogP contribution < -0.4 is 33.8 Å². The predicted octanol–water partition coefficient (Wildman–Crippen LogP) is -1.35. The molecule has 0 aromatic rings. The summed E-state index contributed by atoms with van der Waals surface area (Å²) in [4.78, 5) is 0. The quantitative estimate of drug-likeness (QED) is 0.420. The molecular weight excluding hydrogens is 138 g/mol. The summed E-state index contributed by atoms with van der Waals surface area (Å²) in [7, 11) is 0. The maximum atomic E-state index is 9.59. The molecule has 0 bridgehead atoms. The van der Waals surface area contributed by atoms with Gasteiger partial charge in [0.15, 0.2) is 0 Å². The molecule has 0 amide bonds. The largest absolute Gasteiger partial charge is 0.876 e. The molecule has 0 saturated carbocycles.